The SMILES string of the molecule is CC(C)[C@H](NC(=O)[C@H](C)CCC(=O)O)C(N)=O. The molecule has 0 aromatic rings. The zero-order chi connectivity index (χ0) is 13.6. The summed E-state index contributed by atoms with van der Waals surface area (Å²) in [5.41, 5.74) is 5.16. The van der Waals surface area contributed by atoms with E-state index in [9.17, 15) is 14.4 Å². The Kier molecular flexibility index (Phi) is 6.23. The van der Waals surface area contributed by atoms with Gasteiger partial charge in [-0.05, 0) is 12.3 Å². The molecule has 0 aliphatic heterocycles. The second-order valence-corrected chi connectivity index (χ2v) is 4.47. The van der Waals surface area contributed by atoms with Crippen LogP contribution in [0.15, 0.2) is 0 Å². The van der Waals surface area contributed by atoms with Gasteiger partial charge in [-0.25, -0.2) is 0 Å². The van der Waals surface area contributed by atoms with E-state index in [1.807, 2.05) is 0 Å². The van der Waals surface area contributed by atoms with Gasteiger partial charge in [-0.2, -0.15) is 0 Å². The van der Waals surface area contributed by atoms with E-state index in [1.54, 1.807) is 20.8 Å². The summed E-state index contributed by atoms with van der Waals surface area (Å²) in [5, 5.41) is 11.0. The molecular formula is C11H20N2O4. The van der Waals surface area contributed by atoms with Crippen molar-refractivity contribution >= 4 is 17.8 Å². The predicted molar refractivity (Wildman–Crippen MR) is 62.0 cm³/mol. The predicted octanol–water partition coefficient (Wildman–Crippen LogP) is 0.113. The highest BCUT2D eigenvalue weighted by atomic mass is 16.4. The van der Waals surface area contributed by atoms with Gasteiger partial charge in [-0.15, -0.1) is 0 Å². The molecule has 2 atom stereocenters. The number of hydrogen-bond donors (Lipinski definition) is 3. The molecule has 0 spiro atoms. The quantitative estimate of drug-likeness (QED) is 0.590. The zero-order valence-electron chi connectivity index (χ0n) is 10.4. The van der Waals surface area contributed by atoms with Crippen molar-refractivity contribution in [1.29, 1.82) is 0 Å². The van der Waals surface area contributed by atoms with Gasteiger partial charge in [0, 0.05) is 12.3 Å². The molecule has 4 N–H and O–H groups in total. The lowest BCUT2D eigenvalue weighted by molar-refractivity contribution is -0.137. The van der Waals surface area contributed by atoms with Gasteiger partial charge in [0.1, 0.15) is 6.04 Å². The van der Waals surface area contributed by atoms with Gasteiger partial charge in [-0.3, -0.25) is 14.4 Å². The van der Waals surface area contributed by atoms with Crippen LogP contribution in [0.4, 0.5) is 0 Å². The van der Waals surface area contributed by atoms with Gasteiger partial charge in [-0.1, -0.05) is 20.8 Å². The van der Waals surface area contributed by atoms with Crippen LogP contribution in [0.3, 0.4) is 0 Å². The van der Waals surface area contributed by atoms with Crippen molar-refractivity contribution in [1.82, 2.24) is 5.32 Å². The van der Waals surface area contributed by atoms with E-state index in [2.05, 4.69) is 5.32 Å². The molecule has 6 heteroatoms. The van der Waals surface area contributed by atoms with Crippen LogP contribution in [0.5, 0.6) is 0 Å². The van der Waals surface area contributed by atoms with Gasteiger partial charge < -0.3 is 16.2 Å². The number of primary amides is 1. The number of carbonyl (C=O) groups excluding carboxylic acids is 2. The molecule has 0 saturated heterocycles. The van der Waals surface area contributed by atoms with E-state index >= 15 is 0 Å². The van der Waals surface area contributed by atoms with Crippen LogP contribution in [0.25, 0.3) is 0 Å². The van der Waals surface area contributed by atoms with Crippen molar-refractivity contribution in [2.24, 2.45) is 17.6 Å². The topological polar surface area (TPSA) is 109 Å². The van der Waals surface area contributed by atoms with Crippen LogP contribution in [0.2, 0.25) is 0 Å². The average Bonchev–Trinajstić information content (AvgIpc) is 2.20. The van der Waals surface area contributed by atoms with Crippen LogP contribution >= 0.6 is 0 Å². The summed E-state index contributed by atoms with van der Waals surface area (Å²) < 4.78 is 0. The lowest BCUT2D eigenvalue weighted by atomic mass is 10.0. The van der Waals surface area contributed by atoms with Crippen molar-refractivity contribution < 1.29 is 19.5 Å². The average molecular weight is 244 g/mol. The van der Waals surface area contributed by atoms with Gasteiger partial charge in [0.25, 0.3) is 0 Å². The molecule has 0 heterocycles. The number of rotatable bonds is 7. The maximum absolute atomic E-state index is 11.7. The number of carbonyl (C=O) groups is 3. The molecule has 0 fully saturated rings. The summed E-state index contributed by atoms with van der Waals surface area (Å²) in [5.74, 6) is -2.42. The second-order valence-electron chi connectivity index (χ2n) is 4.47. The van der Waals surface area contributed by atoms with Crippen molar-refractivity contribution in [3.63, 3.8) is 0 Å². The monoisotopic (exact) mass is 244 g/mol. The molecule has 0 saturated carbocycles. The number of carboxylic acids is 1. The van der Waals surface area contributed by atoms with Gasteiger partial charge in [0.2, 0.25) is 11.8 Å². The molecule has 0 aromatic carbocycles. The first kappa shape index (κ1) is 15.4. The molecule has 0 rings (SSSR count). The van der Waals surface area contributed by atoms with E-state index in [4.69, 9.17) is 10.8 Å². The van der Waals surface area contributed by atoms with Crippen LogP contribution in [-0.4, -0.2) is 28.9 Å². The number of aliphatic carboxylic acids is 1. The van der Waals surface area contributed by atoms with E-state index in [0.717, 1.165) is 0 Å². The minimum atomic E-state index is -0.944. The molecule has 0 aliphatic rings. The summed E-state index contributed by atoms with van der Waals surface area (Å²) in [4.78, 5) is 33.1. The van der Waals surface area contributed by atoms with Crippen molar-refractivity contribution in [3.8, 4) is 0 Å². The maximum Gasteiger partial charge on any atom is 0.303 e. The Labute approximate surface area is 101 Å². The third kappa shape index (κ3) is 5.89. The molecule has 0 aromatic heterocycles. The summed E-state index contributed by atoms with van der Waals surface area (Å²) in [6.07, 6.45) is 0.169. The van der Waals surface area contributed by atoms with E-state index in [1.165, 1.54) is 0 Å². The Morgan fingerprint density at radius 2 is 1.76 bits per heavy atom. The first-order valence-electron chi connectivity index (χ1n) is 5.57. The van der Waals surface area contributed by atoms with Crippen molar-refractivity contribution in [3.05, 3.63) is 0 Å². The molecule has 0 radical (unpaired) electrons. The fourth-order valence-electron chi connectivity index (χ4n) is 1.33. The van der Waals surface area contributed by atoms with Gasteiger partial charge >= 0.3 is 5.97 Å². The number of carboxylic acid groups (broad SMARTS) is 1. The fraction of sp³-hybridized carbons (Fsp3) is 0.727. The molecule has 17 heavy (non-hydrogen) atoms. The first-order valence-corrected chi connectivity index (χ1v) is 5.57. The summed E-state index contributed by atoms with van der Waals surface area (Å²) in [7, 11) is 0. The van der Waals surface area contributed by atoms with Crippen LogP contribution in [-0.2, 0) is 14.4 Å². The zero-order valence-corrected chi connectivity index (χ0v) is 10.4. The lowest BCUT2D eigenvalue weighted by Gasteiger charge is -2.21. The maximum atomic E-state index is 11.7. The second kappa shape index (κ2) is 6.88. The lowest BCUT2D eigenvalue weighted by Crippen LogP contribution is -2.49. The summed E-state index contributed by atoms with van der Waals surface area (Å²) in [6, 6.07) is -0.713. The fourth-order valence-corrected chi connectivity index (χ4v) is 1.33. The van der Waals surface area contributed by atoms with E-state index in [0.29, 0.717) is 0 Å². The Hall–Kier alpha value is -1.59. The summed E-state index contributed by atoms with van der Waals surface area (Å²) in [6.45, 7) is 5.17. The highest BCUT2D eigenvalue weighted by Gasteiger charge is 2.24. The number of nitrogens with one attached hydrogen (secondary N) is 1. The first-order chi connectivity index (χ1) is 7.75. The van der Waals surface area contributed by atoms with Gasteiger partial charge in [0.05, 0.1) is 0 Å². The largest absolute Gasteiger partial charge is 0.481 e. The smallest absolute Gasteiger partial charge is 0.303 e. The molecule has 98 valence electrons. The van der Waals surface area contributed by atoms with Crippen LogP contribution < -0.4 is 11.1 Å². The normalized spacial score (nSPS) is 14.1. The molecule has 0 bridgehead atoms. The van der Waals surface area contributed by atoms with E-state index in [-0.39, 0.29) is 24.7 Å². The Morgan fingerprint density at radius 3 is 2.12 bits per heavy atom. The molecule has 2 amide bonds. The Balaban J connectivity index is 4.31. The van der Waals surface area contributed by atoms with Gasteiger partial charge in [0.15, 0.2) is 0 Å². The minimum Gasteiger partial charge on any atom is -0.481 e. The minimum absolute atomic E-state index is 0.0719. The Morgan fingerprint density at radius 1 is 1.24 bits per heavy atom. The number of hydrogen-bond acceptors (Lipinski definition) is 3. The number of amides is 2. The highest BCUT2D eigenvalue weighted by molar-refractivity contribution is 5.87. The highest BCUT2D eigenvalue weighted by Crippen LogP contribution is 2.08. The Bertz CT molecular complexity index is 302. The van der Waals surface area contributed by atoms with Crippen molar-refractivity contribution in [2.45, 2.75) is 39.7 Å². The third-order valence-corrected chi connectivity index (χ3v) is 2.51. The standard InChI is InChI=1S/C11H20N2O4/c1-6(2)9(10(12)16)13-11(17)7(3)4-5-8(14)15/h6-7,9H,4-5H2,1-3H3,(H2,12,16)(H,13,17)(H,14,15)/t7-,9+/m1/s1. The van der Waals surface area contributed by atoms with Crippen molar-refractivity contribution in [2.75, 3.05) is 0 Å². The van der Waals surface area contributed by atoms with Crippen LogP contribution in [0, 0.1) is 11.8 Å². The molecule has 0 unspecified atom stereocenters. The molecule has 6 nitrogen and oxygen atoms in total. The van der Waals surface area contributed by atoms with E-state index < -0.39 is 23.8 Å². The number of nitrogens with two attached hydrogens (primary N) is 1. The molecular weight excluding hydrogens is 224 g/mol. The summed E-state index contributed by atoms with van der Waals surface area (Å²) >= 11 is 0. The molecule has 0 aliphatic carbocycles. The third-order valence-electron chi connectivity index (χ3n) is 2.51. The van der Waals surface area contributed by atoms with Crippen LogP contribution in [0.1, 0.15) is 33.6 Å².